The lowest BCUT2D eigenvalue weighted by molar-refractivity contribution is 0.102. The highest BCUT2D eigenvalue weighted by atomic mass is 16.1. The van der Waals surface area contributed by atoms with Crippen LogP contribution in [0.15, 0.2) is 42.6 Å². The Labute approximate surface area is 137 Å². The van der Waals surface area contributed by atoms with Crippen LogP contribution < -0.4 is 10.6 Å². The number of aryl methyl sites for hydroxylation is 1. The number of nitrogens with zero attached hydrogens (tertiary/aromatic N) is 1. The summed E-state index contributed by atoms with van der Waals surface area (Å²) in [4.78, 5) is 16.6. The minimum atomic E-state index is -0.111. The largest absolute Gasteiger partial charge is 0.367 e. The topological polar surface area (TPSA) is 54.0 Å². The van der Waals surface area contributed by atoms with Crippen LogP contribution in [-0.4, -0.2) is 16.9 Å². The predicted octanol–water partition coefficient (Wildman–Crippen LogP) is 4.39. The van der Waals surface area contributed by atoms with Crippen molar-refractivity contribution in [2.24, 2.45) is 0 Å². The molecule has 1 amide bonds. The van der Waals surface area contributed by atoms with E-state index in [0.717, 1.165) is 11.4 Å². The molecule has 1 heterocycles. The quantitative estimate of drug-likeness (QED) is 0.881. The van der Waals surface area contributed by atoms with E-state index in [9.17, 15) is 4.79 Å². The maximum Gasteiger partial charge on any atom is 0.255 e. The highest BCUT2D eigenvalue weighted by molar-refractivity contribution is 6.04. The van der Waals surface area contributed by atoms with E-state index in [-0.39, 0.29) is 5.91 Å². The van der Waals surface area contributed by atoms with E-state index in [0.29, 0.717) is 17.3 Å². The van der Waals surface area contributed by atoms with E-state index < -0.39 is 0 Å². The molecular weight excluding hydrogens is 286 g/mol. The minimum absolute atomic E-state index is 0.111. The van der Waals surface area contributed by atoms with Gasteiger partial charge in [0.15, 0.2) is 0 Å². The van der Waals surface area contributed by atoms with Gasteiger partial charge in [0.05, 0.1) is 11.9 Å². The Morgan fingerprint density at radius 2 is 1.78 bits per heavy atom. The fourth-order valence-electron chi connectivity index (χ4n) is 2.92. The van der Waals surface area contributed by atoms with Gasteiger partial charge in [0.25, 0.3) is 5.91 Å². The van der Waals surface area contributed by atoms with Crippen molar-refractivity contribution in [2.45, 2.75) is 45.1 Å². The van der Waals surface area contributed by atoms with Crippen molar-refractivity contribution in [3.63, 3.8) is 0 Å². The van der Waals surface area contributed by atoms with Gasteiger partial charge in [-0.1, -0.05) is 37.0 Å². The number of carbonyl (C=O) groups is 1. The summed E-state index contributed by atoms with van der Waals surface area (Å²) in [5, 5.41) is 6.35. The highest BCUT2D eigenvalue weighted by Crippen LogP contribution is 2.21. The SMILES string of the molecule is Cc1ccc(C(=O)Nc2ccc(NC3CCCCC3)nc2)cc1. The molecule has 0 spiro atoms. The first-order chi connectivity index (χ1) is 11.2. The normalized spacial score (nSPS) is 15.2. The lowest BCUT2D eigenvalue weighted by Crippen LogP contribution is -2.22. The molecule has 2 N–H and O–H groups in total. The molecule has 1 fully saturated rings. The molecule has 2 aromatic rings. The molecule has 0 radical (unpaired) electrons. The average molecular weight is 309 g/mol. The zero-order valence-corrected chi connectivity index (χ0v) is 13.5. The Morgan fingerprint density at radius 3 is 2.43 bits per heavy atom. The number of rotatable bonds is 4. The van der Waals surface area contributed by atoms with E-state index in [1.54, 1.807) is 6.20 Å². The predicted molar refractivity (Wildman–Crippen MR) is 93.9 cm³/mol. The summed E-state index contributed by atoms with van der Waals surface area (Å²) in [7, 11) is 0. The fourth-order valence-corrected chi connectivity index (χ4v) is 2.92. The zero-order valence-electron chi connectivity index (χ0n) is 13.5. The third kappa shape index (κ3) is 4.31. The molecule has 0 atom stereocenters. The van der Waals surface area contributed by atoms with Crippen LogP contribution in [0.3, 0.4) is 0 Å². The van der Waals surface area contributed by atoms with E-state index >= 15 is 0 Å². The van der Waals surface area contributed by atoms with Crippen molar-refractivity contribution in [3.8, 4) is 0 Å². The van der Waals surface area contributed by atoms with Crippen LogP contribution in [0.5, 0.6) is 0 Å². The molecule has 1 aliphatic rings. The van der Waals surface area contributed by atoms with E-state index in [1.165, 1.54) is 32.1 Å². The zero-order chi connectivity index (χ0) is 16.1. The minimum Gasteiger partial charge on any atom is -0.367 e. The van der Waals surface area contributed by atoms with Gasteiger partial charge in [-0.25, -0.2) is 4.98 Å². The number of amides is 1. The van der Waals surface area contributed by atoms with Gasteiger partial charge in [-0.15, -0.1) is 0 Å². The van der Waals surface area contributed by atoms with Gasteiger partial charge in [0.2, 0.25) is 0 Å². The van der Waals surface area contributed by atoms with Crippen LogP contribution in [0, 0.1) is 6.92 Å². The van der Waals surface area contributed by atoms with Crippen LogP contribution in [0.4, 0.5) is 11.5 Å². The van der Waals surface area contributed by atoms with Gasteiger partial charge in [-0.2, -0.15) is 0 Å². The molecule has 1 aromatic carbocycles. The number of carbonyl (C=O) groups excluding carboxylic acids is 1. The summed E-state index contributed by atoms with van der Waals surface area (Å²) in [5.41, 5.74) is 2.51. The van der Waals surface area contributed by atoms with E-state index in [4.69, 9.17) is 0 Å². The highest BCUT2D eigenvalue weighted by Gasteiger charge is 2.13. The Hall–Kier alpha value is -2.36. The Morgan fingerprint density at radius 1 is 1.04 bits per heavy atom. The summed E-state index contributed by atoms with van der Waals surface area (Å²) >= 11 is 0. The molecule has 4 heteroatoms. The van der Waals surface area contributed by atoms with Crippen LogP contribution in [0.1, 0.15) is 48.0 Å². The number of hydrogen-bond donors (Lipinski definition) is 2. The summed E-state index contributed by atoms with van der Waals surface area (Å²) in [6.07, 6.45) is 8.07. The number of anilines is 2. The summed E-state index contributed by atoms with van der Waals surface area (Å²) in [6, 6.07) is 11.9. The smallest absolute Gasteiger partial charge is 0.255 e. The molecule has 1 saturated carbocycles. The van der Waals surface area contributed by atoms with Gasteiger partial charge in [0.1, 0.15) is 5.82 Å². The first-order valence-corrected chi connectivity index (χ1v) is 8.31. The second-order valence-electron chi connectivity index (χ2n) is 6.23. The molecule has 4 nitrogen and oxygen atoms in total. The molecule has 23 heavy (non-hydrogen) atoms. The first kappa shape index (κ1) is 15.5. The van der Waals surface area contributed by atoms with Crippen LogP contribution >= 0.6 is 0 Å². The summed E-state index contributed by atoms with van der Waals surface area (Å²) in [5.74, 6) is 0.769. The van der Waals surface area contributed by atoms with Gasteiger partial charge >= 0.3 is 0 Å². The summed E-state index contributed by atoms with van der Waals surface area (Å²) < 4.78 is 0. The molecule has 1 aliphatic carbocycles. The van der Waals surface area contributed by atoms with Gasteiger partial charge in [-0.3, -0.25) is 4.79 Å². The van der Waals surface area contributed by atoms with E-state index in [1.807, 2.05) is 43.3 Å². The van der Waals surface area contributed by atoms with Gasteiger partial charge < -0.3 is 10.6 Å². The molecule has 120 valence electrons. The summed E-state index contributed by atoms with van der Waals surface area (Å²) in [6.45, 7) is 2.00. The maximum absolute atomic E-state index is 12.2. The first-order valence-electron chi connectivity index (χ1n) is 8.31. The van der Waals surface area contributed by atoms with Gasteiger partial charge in [0, 0.05) is 11.6 Å². The third-order valence-electron chi connectivity index (χ3n) is 4.29. The van der Waals surface area contributed by atoms with Crippen LogP contribution in [-0.2, 0) is 0 Å². The second-order valence-corrected chi connectivity index (χ2v) is 6.23. The monoisotopic (exact) mass is 309 g/mol. The molecule has 3 rings (SSSR count). The molecule has 0 saturated heterocycles. The Balaban J connectivity index is 1.58. The van der Waals surface area contributed by atoms with E-state index in [2.05, 4.69) is 15.6 Å². The lowest BCUT2D eigenvalue weighted by atomic mass is 9.95. The average Bonchev–Trinajstić information content (AvgIpc) is 2.58. The standard InChI is InChI=1S/C19H23N3O/c1-14-7-9-15(10-8-14)19(23)22-17-11-12-18(20-13-17)21-16-5-3-2-4-6-16/h7-13,16H,2-6H2,1H3,(H,20,21)(H,22,23). The molecule has 1 aromatic heterocycles. The fraction of sp³-hybridized carbons (Fsp3) is 0.368. The van der Waals surface area contributed by atoms with Crippen molar-refractivity contribution in [1.29, 1.82) is 0 Å². The van der Waals surface area contributed by atoms with Crippen molar-refractivity contribution >= 4 is 17.4 Å². The van der Waals surface area contributed by atoms with Crippen molar-refractivity contribution < 1.29 is 4.79 Å². The number of benzene rings is 1. The second kappa shape index (κ2) is 7.27. The number of hydrogen-bond acceptors (Lipinski definition) is 3. The number of pyridine rings is 1. The number of nitrogens with one attached hydrogen (secondary N) is 2. The molecule has 0 aliphatic heterocycles. The molecule has 0 bridgehead atoms. The third-order valence-corrected chi connectivity index (χ3v) is 4.29. The lowest BCUT2D eigenvalue weighted by Gasteiger charge is -2.23. The molecule has 0 unspecified atom stereocenters. The molecular formula is C19H23N3O. The van der Waals surface area contributed by atoms with Crippen LogP contribution in [0.2, 0.25) is 0 Å². The maximum atomic E-state index is 12.2. The Bertz CT molecular complexity index is 643. The Kier molecular flexibility index (Phi) is 4.91. The van der Waals surface area contributed by atoms with Crippen LogP contribution in [0.25, 0.3) is 0 Å². The van der Waals surface area contributed by atoms with Crippen molar-refractivity contribution in [3.05, 3.63) is 53.7 Å². The van der Waals surface area contributed by atoms with Crippen molar-refractivity contribution in [1.82, 2.24) is 4.98 Å². The number of aromatic nitrogens is 1. The van der Waals surface area contributed by atoms with Crippen molar-refractivity contribution in [2.75, 3.05) is 10.6 Å². The van der Waals surface area contributed by atoms with Gasteiger partial charge in [-0.05, 0) is 44.0 Å².